The van der Waals surface area contributed by atoms with Crippen LogP contribution in [0.3, 0.4) is 0 Å². The van der Waals surface area contributed by atoms with Gasteiger partial charge >= 0.3 is 12.1 Å². The second-order valence-corrected chi connectivity index (χ2v) is 7.49. The molecule has 2 N–H and O–H groups in total. The highest BCUT2D eigenvalue weighted by Crippen LogP contribution is 2.23. The van der Waals surface area contributed by atoms with Gasteiger partial charge in [-0.15, -0.1) is 0 Å². The number of hydrogen-bond acceptors (Lipinski definition) is 5. The van der Waals surface area contributed by atoms with Gasteiger partial charge in [0.1, 0.15) is 5.60 Å². The number of nitrogens with zero attached hydrogens (tertiary/aromatic N) is 1. The van der Waals surface area contributed by atoms with Crippen LogP contribution in [0.5, 0.6) is 0 Å². The smallest absolute Gasteiger partial charge is 0.408 e. The summed E-state index contributed by atoms with van der Waals surface area (Å²) in [6.45, 7) is 4.82. The number of benzene rings is 1. The van der Waals surface area contributed by atoms with Crippen molar-refractivity contribution in [3.8, 4) is 0 Å². The Morgan fingerprint density at radius 3 is 2.24 bits per heavy atom. The lowest BCUT2D eigenvalue weighted by Gasteiger charge is -2.21. The van der Waals surface area contributed by atoms with Gasteiger partial charge in [0, 0.05) is 13.0 Å². The number of nitrogens with one attached hydrogen (secondary N) is 1. The maximum absolute atomic E-state index is 14.2. The van der Waals surface area contributed by atoms with E-state index in [0.29, 0.717) is 11.1 Å². The molecule has 1 atom stereocenters. The van der Waals surface area contributed by atoms with Crippen LogP contribution >= 0.6 is 0 Å². The predicted molar refractivity (Wildman–Crippen MR) is 101 cm³/mol. The molecule has 0 saturated carbocycles. The first-order chi connectivity index (χ1) is 13.5. The fourth-order valence-corrected chi connectivity index (χ4v) is 2.72. The number of carbonyl (C=O) groups is 4. The Hall–Kier alpha value is -3.23. The number of aliphatic carboxylic acids is 1. The minimum atomic E-state index is -1.61. The summed E-state index contributed by atoms with van der Waals surface area (Å²) in [5.41, 5.74) is -0.219. The Morgan fingerprint density at radius 2 is 1.76 bits per heavy atom. The number of halogens is 1. The summed E-state index contributed by atoms with van der Waals surface area (Å²) >= 11 is 0. The van der Waals surface area contributed by atoms with Crippen LogP contribution in [0.25, 0.3) is 0 Å². The monoisotopic (exact) mass is 406 g/mol. The SMILES string of the molecule is CC(C)(C)OC(=O)NC(/C=C(\F)CCCN1C(=O)c2ccccc2C1=O)C(=O)O. The maximum Gasteiger partial charge on any atom is 0.408 e. The lowest BCUT2D eigenvalue weighted by Crippen LogP contribution is -2.42. The van der Waals surface area contributed by atoms with Crippen LogP contribution in [0.15, 0.2) is 36.2 Å². The van der Waals surface area contributed by atoms with Crippen molar-refractivity contribution < 1.29 is 33.4 Å². The Balaban J connectivity index is 1.92. The third-order valence-corrected chi connectivity index (χ3v) is 3.96. The number of rotatable bonds is 7. The molecule has 0 fully saturated rings. The minimum absolute atomic E-state index is 0.00909. The Bertz CT molecular complexity index is 824. The fraction of sp³-hybridized carbons (Fsp3) is 0.400. The van der Waals surface area contributed by atoms with Crippen molar-refractivity contribution >= 4 is 23.9 Å². The van der Waals surface area contributed by atoms with E-state index in [9.17, 15) is 23.6 Å². The Morgan fingerprint density at radius 1 is 1.21 bits per heavy atom. The molecule has 0 radical (unpaired) electrons. The van der Waals surface area contributed by atoms with E-state index in [1.807, 2.05) is 0 Å². The van der Waals surface area contributed by atoms with Crippen LogP contribution in [0.4, 0.5) is 9.18 Å². The highest BCUT2D eigenvalue weighted by atomic mass is 19.1. The third kappa shape index (κ3) is 5.87. The summed E-state index contributed by atoms with van der Waals surface area (Å²) in [6.07, 6.45) is -0.325. The molecule has 156 valence electrons. The van der Waals surface area contributed by atoms with Crippen molar-refractivity contribution in [2.45, 2.75) is 45.3 Å². The molecule has 2 rings (SSSR count). The summed E-state index contributed by atoms with van der Waals surface area (Å²) in [4.78, 5) is 48.5. The summed E-state index contributed by atoms with van der Waals surface area (Å²) in [5, 5.41) is 11.2. The molecular weight excluding hydrogens is 383 g/mol. The van der Waals surface area contributed by atoms with E-state index < -0.39 is 41.3 Å². The number of imide groups is 1. The van der Waals surface area contributed by atoms with Crippen LogP contribution < -0.4 is 5.32 Å². The number of carboxylic acid groups (broad SMARTS) is 1. The van der Waals surface area contributed by atoms with Crippen LogP contribution in [-0.4, -0.2) is 52.1 Å². The van der Waals surface area contributed by atoms with Crippen LogP contribution in [0.2, 0.25) is 0 Å². The van der Waals surface area contributed by atoms with Crippen molar-refractivity contribution in [3.05, 3.63) is 47.3 Å². The van der Waals surface area contributed by atoms with E-state index in [1.54, 1.807) is 45.0 Å². The van der Waals surface area contributed by atoms with Crippen molar-refractivity contribution in [2.24, 2.45) is 0 Å². The zero-order valence-electron chi connectivity index (χ0n) is 16.4. The van der Waals surface area contributed by atoms with Crippen LogP contribution in [0, 0.1) is 0 Å². The highest BCUT2D eigenvalue weighted by Gasteiger charge is 2.34. The van der Waals surface area contributed by atoms with E-state index in [-0.39, 0.29) is 19.4 Å². The van der Waals surface area contributed by atoms with Crippen molar-refractivity contribution in [1.29, 1.82) is 0 Å². The molecule has 0 aromatic heterocycles. The van der Waals surface area contributed by atoms with Crippen molar-refractivity contribution in [3.63, 3.8) is 0 Å². The topological polar surface area (TPSA) is 113 Å². The molecule has 1 unspecified atom stereocenters. The number of amides is 3. The quantitative estimate of drug-likeness (QED) is 0.673. The summed E-state index contributed by atoms with van der Waals surface area (Å²) < 4.78 is 19.1. The first-order valence-corrected chi connectivity index (χ1v) is 9.03. The van der Waals surface area contributed by atoms with E-state index in [2.05, 4.69) is 5.32 Å². The van der Waals surface area contributed by atoms with Crippen LogP contribution in [-0.2, 0) is 9.53 Å². The van der Waals surface area contributed by atoms with E-state index in [0.717, 1.165) is 11.0 Å². The van der Waals surface area contributed by atoms with Gasteiger partial charge in [0.25, 0.3) is 11.8 Å². The highest BCUT2D eigenvalue weighted by molar-refractivity contribution is 6.21. The average Bonchev–Trinajstić information content (AvgIpc) is 2.84. The van der Waals surface area contributed by atoms with Crippen LogP contribution in [0.1, 0.15) is 54.3 Å². The summed E-state index contributed by atoms with van der Waals surface area (Å²) in [7, 11) is 0. The number of alkyl carbamates (subject to hydrolysis) is 1. The molecule has 1 heterocycles. The van der Waals surface area contributed by atoms with Gasteiger partial charge in [-0.3, -0.25) is 14.5 Å². The number of fused-ring (bicyclic) bond motifs is 1. The fourth-order valence-electron chi connectivity index (χ4n) is 2.72. The molecule has 0 saturated heterocycles. The molecule has 3 amide bonds. The first kappa shape index (κ1) is 22.1. The van der Waals surface area contributed by atoms with Gasteiger partial charge in [-0.1, -0.05) is 12.1 Å². The lowest BCUT2D eigenvalue weighted by molar-refractivity contribution is -0.138. The maximum atomic E-state index is 14.2. The largest absolute Gasteiger partial charge is 0.479 e. The zero-order valence-corrected chi connectivity index (χ0v) is 16.4. The molecule has 1 aromatic rings. The molecule has 1 aliphatic heterocycles. The lowest BCUT2D eigenvalue weighted by atomic mass is 10.1. The number of hydrogen-bond donors (Lipinski definition) is 2. The van der Waals surface area contributed by atoms with Crippen molar-refractivity contribution in [2.75, 3.05) is 6.54 Å². The molecule has 0 spiro atoms. The molecule has 29 heavy (non-hydrogen) atoms. The third-order valence-electron chi connectivity index (χ3n) is 3.96. The first-order valence-electron chi connectivity index (χ1n) is 9.03. The van der Waals surface area contributed by atoms with Gasteiger partial charge in [-0.05, 0) is 45.4 Å². The number of allylic oxidation sites excluding steroid dienone is 1. The van der Waals surface area contributed by atoms with E-state index in [4.69, 9.17) is 9.84 Å². The number of ether oxygens (including phenoxy) is 1. The second-order valence-electron chi connectivity index (χ2n) is 7.49. The van der Waals surface area contributed by atoms with E-state index >= 15 is 0 Å². The standard InChI is InChI=1S/C20H23FN2O6/c1-20(2,3)29-19(28)22-15(18(26)27)11-12(21)7-6-10-23-16(24)13-8-4-5-9-14(13)17(23)25/h4-5,8-9,11,15H,6-7,10H2,1-3H3,(H,22,28)(H,26,27)/b12-11-. The molecular formula is C20H23FN2O6. The normalized spacial score (nSPS) is 15.2. The number of carboxylic acids is 1. The molecule has 8 nitrogen and oxygen atoms in total. The minimum Gasteiger partial charge on any atom is -0.479 e. The number of carbonyl (C=O) groups excluding carboxylic acids is 3. The molecule has 0 bridgehead atoms. The van der Waals surface area contributed by atoms with Gasteiger partial charge in [0.15, 0.2) is 6.04 Å². The second kappa shape index (κ2) is 8.85. The van der Waals surface area contributed by atoms with E-state index in [1.165, 1.54) is 0 Å². The molecule has 9 heteroatoms. The van der Waals surface area contributed by atoms with Gasteiger partial charge in [0.2, 0.25) is 0 Å². The Kier molecular flexibility index (Phi) is 6.73. The van der Waals surface area contributed by atoms with Crippen molar-refractivity contribution in [1.82, 2.24) is 10.2 Å². The zero-order chi connectivity index (χ0) is 21.8. The predicted octanol–water partition coefficient (Wildman–Crippen LogP) is 2.89. The molecule has 1 aromatic carbocycles. The van der Waals surface area contributed by atoms with Gasteiger partial charge < -0.3 is 15.2 Å². The van der Waals surface area contributed by atoms with Gasteiger partial charge in [0.05, 0.1) is 17.0 Å². The van der Waals surface area contributed by atoms with Gasteiger partial charge in [-0.2, -0.15) is 0 Å². The Labute approximate surface area is 167 Å². The molecule has 1 aliphatic rings. The average molecular weight is 406 g/mol. The molecule has 0 aliphatic carbocycles. The summed E-state index contributed by atoms with van der Waals surface area (Å²) in [6, 6.07) is 4.80. The summed E-state index contributed by atoms with van der Waals surface area (Å²) in [5.74, 6) is -3.12. The van der Waals surface area contributed by atoms with Gasteiger partial charge in [-0.25, -0.2) is 14.0 Å².